The van der Waals surface area contributed by atoms with Crippen LogP contribution >= 0.6 is 11.8 Å². The van der Waals surface area contributed by atoms with Gasteiger partial charge in [-0.25, -0.2) is 4.39 Å². The molecule has 2 heteroatoms. The van der Waals surface area contributed by atoms with Crippen LogP contribution in [0.4, 0.5) is 4.39 Å². The summed E-state index contributed by atoms with van der Waals surface area (Å²) in [6.07, 6.45) is 3.59. The van der Waals surface area contributed by atoms with E-state index in [0.29, 0.717) is 0 Å². The van der Waals surface area contributed by atoms with Gasteiger partial charge in [-0.1, -0.05) is 11.6 Å². The van der Waals surface area contributed by atoms with Gasteiger partial charge >= 0.3 is 0 Å². The largest absolute Gasteiger partial charge is 0.207 e. The number of benzene rings is 1. The number of hydrogen-bond acceptors (Lipinski definition) is 1. The second-order valence-electron chi connectivity index (χ2n) is 4.99. The van der Waals surface area contributed by atoms with Gasteiger partial charge in [0.25, 0.3) is 0 Å². The van der Waals surface area contributed by atoms with E-state index >= 15 is 0 Å². The molecule has 0 nitrogen and oxygen atoms in total. The predicted molar refractivity (Wildman–Crippen MR) is 80.7 cm³/mol. The molecule has 0 radical (unpaired) electrons. The highest BCUT2D eigenvalue weighted by Gasteiger charge is 2.04. The summed E-state index contributed by atoms with van der Waals surface area (Å²) < 4.78 is 13.3. The molecule has 0 fully saturated rings. The monoisotopic (exact) mass is 266 g/mol. The summed E-state index contributed by atoms with van der Waals surface area (Å²) in [5.41, 5.74) is 4.34. The van der Waals surface area contributed by atoms with Crippen LogP contribution in [-0.4, -0.2) is 5.75 Å². The van der Waals surface area contributed by atoms with E-state index < -0.39 is 0 Å². The lowest BCUT2D eigenvalue weighted by molar-refractivity contribution is 0.616. The highest BCUT2D eigenvalue weighted by atomic mass is 32.2. The maximum atomic E-state index is 13.3. The predicted octanol–water partition coefficient (Wildman–Crippen LogP) is 5.42. The van der Waals surface area contributed by atoms with Crippen molar-refractivity contribution in [1.82, 2.24) is 0 Å². The quantitative estimate of drug-likeness (QED) is 0.469. The van der Waals surface area contributed by atoms with Crippen molar-refractivity contribution in [2.75, 3.05) is 5.75 Å². The van der Waals surface area contributed by atoms with Gasteiger partial charge in [0.2, 0.25) is 0 Å². The minimum atomic E-state index is -0.0947. The van der Waals surface area contributed by atoms with Crippen LogP contribution in [-0.2, 0) is 5.75 Å². The summed E-state index contributed by atoms with van der Waals surface area (Å²) in [6.45, 7) is 9.80. The highest BCUT2D eigenvalue weighted by Crippen LogP contribution is 2.21. The molecule has 0 unspecified atom stereocenters. The number of halogens is 1. The van der Waals surface area contributed by atoms with Crippen LogP contribution in [0.2, 0.25) is 0 Å². The molecular formula is C16H23FS. The summed E-state index contributed by atoms with van der Waals surface area (Å²) in [7, 11) is 0. The summed E-state index contributed by atoms with van der Waals surface area (Å²) >= 11 is 1.93. The number of hydrogen-bond donors (Lipinski definition) is 0. The zero-order valence-corrected chi connectivity index (χ0v) is 12.5. The molecule has 0 N–H and O–H groups in total. The van der Waals surface area contributed by atoms with E-state index in [4.69, 9.17) is 0 Å². The van der Waals surface area contributed by atoms with Crippen molar-refractivity contribution in [3.05, 3.63) is 46.8 Å². The molecule has 0 saturated carbocycles. The topological polar surface area (TPSA) is 0 Å². The summed E-state index contributed by atoms with van der Waals surface area (Å²) in [5, 5.41) is 0. The minimum Gasteiger partial charge on any atom is -0.207 e. The average molecular weight is 266 g/mol. The first-order valence-electron chi connectivity index (χ1n) is 6.48. The van der Waals surface area contributed by atoms with Crippen molar-refractivity contribution in [3.63, 3.8) is 0 Å². The number of allylic oxidation sites excluding steroid dienone is 1. The number of rotatable bonds is 7. The highest BCUT2D eigenvalue weighted by molar-refractivity contribution is 7.98. The first-order valence-corrected chi connectivity index (χ1v) is 7.64. The standard InChI is InChI=1S/C16H23FS/c1-12(2)7-5-6-8-18-11-15-9-14(4)16(17)10-13(15)3/h9-10H,1,5-8,11H2,2-4H3. The van der Waals surface area contributed by atoms with Gasteiger partial charge in [0.1, 0.15) is 5.82 Å². The molecule has 0 heterocycles. The lowest BCUT2D eigenvalue weighted by Gasteiger charge is -2.08. The molecule has 0 aliphatic heterocycles. The Balaban J connectivity index is 2.31. The Kier molecular flexibility index (Phi) is 6.48. The van der Waals surface area contributed by atoms with Gasteiger partial charge in [0.05, 0.1) is 0 Å². The SMILES string of the molecule is C=C(C)CCCCSCc1cc(C)c(F)cc1C. The smallest absolute Gasteiger partial charge is 0.126 e. The van der Waals surface area contributed by atoms with Crippen LogP contribution < -0.4 is 0 Å². The molecule has 0 amide bonds. The minimum absolute atomic E-state index is 0.0947. The van der Waals surface area contributed by atoms with E-state index in [1.54, 1.807) is 6.07 Å². The van der Waals surface area contributed by atoms with E-state index in [1.165, 1.54) is 29.7 Å². The molecule has 18 heavy (non-hydrogen) atoms. The van der Waals surface area contributed by atoms with Crippen molar-refractivity contribution < 1.29 is 4.39 Å². The van der Waals surface area contributed by atoms with Gasteiger partial charge in [-0.3, -0.25) is 0 Å². The van der Waals surface area contributed by atoms with E-state index in [-0.39, 0.29) is 5.82 Å². The first kappa shape index (κ1) is 15.3. The average Bonchev–Trinajstić information content (AvgIpc) is 2.29. The molecule has 0 bridgehead atoms. The molecular weight excluding hydrogens is 243 g/mol. The summed E-state index contributed by atoms with van der Waals surface area (Å²) in [4.78, 5) is 0. The molecule has 0 atom stereocenters. The van der Waals surface area contributed by atoms with Gasteiger partial charge in [-0.15, -0.1) is 6.58 Å². The van der Waals surface area contributed by atoms with Crippen LogP contribution in [0.1, 0.15) is 42.9 Å². The fourth-order valence-corrected chi connectivity index (χ4v) is 2.89. The lowest BCUT2D eigenvalue weighted by Crippen LogP contribution is -1.93. The number of thioether (sulfide) groups is 1. The van der Waals surface area contributed by atoms with E-state index in [9.17, 15) is 4.39 Å². The van der Waals surface area contributed by atoms with E-state index in [1.807, 2.05) is 31.7 Å². The molecule has 0 spiro atoms. The van der Waals surface area contributed by atoms with Crippen molar-refractivity contribution >= 4 is 11.8 Å². The van der Waals surface area contributed by atoms with Crippen molar-refractivity contribution in [2.45, 2.75) is 45.8 Å². The molecule has 1 aromatic rings. The van der Waals surface area contributed by atoms with Crippen molar-refractivity contribution in [3.8, 4) is 0 Å². The van der Waals surface area contributed by atoms with Crippen LogP contribution in [0.3, 0.4) is 0 Å². The molecule has 0 aliphatic rings. The number of aryl methyl sites for hydroxylation is 2. The van der Waals surface area contributed by atoms with Crippen molar-refractivity contribution in [2.24, 2.45) is 0 Å². The summed E-state index contributed by atoms with van der Waals surface area (Å²) in [6, 6.07) is 3.62. The molecule has 100 valence electrons. The lowest BCUT2D eigenvalue weighted by atomic mass is 10.1. The molecule has 0 aromatic heterocycles. The maximum Gasteiger partial charge on any atom is 0.126 e. The Morgan fingerprint density at radius 2 is 1.94 bits per heavy atom. The van der Waals surface area contributed by atoms with Crippen LogP contribution in [0.15, 0.2) is 24.3 Å². The molecule has 1 rings (SSSR count). The zero-order valence-electron chi connectivity index (χ0n) is 11.7. The Hall–Kier alpha value is -0.760. The van der Waals surface area contributed by atoms with Gasteiger partial charge in [0.15, 0.2) is 0 Å². The zero-order chi connectivity index (χ0) is 13.5. The van der Waals surface area contributed by atoms with Gasteiger partial charge in [0, 0.05) is 5.75 Å². The number of unbranched alkanes of at least 4 members (excludes halogenated alkanes) is 1. The Bertz CT molecular complexity index is 410. The summed E-state index contributed by atoms with van der Waals surface area (Å²) in [5.74, 6) is 2.06. The second kappa shape index (κ2) is 7.63. The van der Waals surface area contributed by atoms with Gasteiger partial charge in [-0.2, -0.15) is 11.8 Å². The van der Waals surface area contributed by atoms with Crippen LogP contribution in [0, 0.1) is 19.7 Å². The van der Waals surface area contributed by atoms with Gasteiger partial charge in [-0.05, 0) is 68.5 Å². The third-order valence-electron chi connectivity index (χ3n) is 3.02. The Labute approximate surface area is 115 Å². The normalized spacial score (nSPS) is 10.7. The Morgan fingerprint density at radius 3 is 2.61 bits per heavy atom. The fraction of sp³-hybridized carbons (Fsp3) is 0.500. The third-order valence-corrected chi connectivity index (χ3v) is 4.11. The maximum absolute atomic E-state index is 13.3. The van der Waals surface area contributed by atoms with Crippen LogP contribution in [0.5, 0.6) is 0 Å². The Morgan fingerprint density at radius 1 is 1.22 bits per heavy atom. The first-order chi connectivity index (χ1) is 8.50. The van der Waals surface area contributed by atoms with E-state index in [2.05, 4.69) is 13.5 Å². The fourth-order valence-electron chi connectivity index (χ4n) is 1.81. The van der Waals surface area contributed by atoms with Crippen LogP contribution in [0.25, 0.3) is 0 Å². The third kappa shape index (κ3) is 5.26. The molecule has 1 aromatic carbocycles. The van der Waals surface area contributed by atoms with Gasteiger partial charge < -0.3 is 0 Å². The van der Waals surface area contributed by atoms with Crippen molar-refractivity contribution in [1.29, 1.82) is 0 Å². The molecule has 0 saturated heterocycles. The van der Waals surface area contributed by atoms with E-state index in [0.717, 1.165) is 23.3 Å². The second-order valence-corrected chi connectivity index (χ2v) is 6.10. The molecule has 0 aliphatic carbocycles.